The molecule has 0 aliphatic heterocycles. The van der Waals surface area contributed by atoms with Gasteiger partial charge in [0.05, 0.1) is 23.4 Å². The Morgan fingerprint density at radius 2 is 2.12 bits per heavy atom. The van der Waals surface area contributed by atoms with Crippen molar-refractivity contribution in [3.63, 3.8) is 0 Å². The first-order chi connectivity index (χ1) is 8.27. The lowest BCUT2D eigenvalue weighted by atomic mass is 10.1. The average molecular weight is 227 g/mol. The summed E-state index contributed by atoms with van der Waals surface area (Å²) < 4.78 is 3.61. The fraction of sp³-hybridized carbons (Fsp3) is 0.167. The highest BCUT2D eigenvalue weighted by Crippen LogP contribution is 2.22. The van der Waals surface area contributed by atoms with Crippen molar-refractivity contribution in [1.82, 2.24) is 19.4 Å². The first-order valence-corrected chi connectivity index (χ1v) is 5.43. The van der Waals surface area contributed by atoms with Crippen molar-refractivity contribution in [1.29, 1.82) is 0 Å². The number of pyridine rings is 1. The second kappa shape index (κ2) is 3.71. The van der Waals surface area contributed by atoms with Gasteiger partial charge in [0.25, 0.3) is 0 Å². The summed E-state index contributed by atoms with van der Waals surface area (Å²) in [6.45, 7) is 0. The maximum atomic E-state index is 6.26. The van der Waals surface area contributed by atoms with Crippen LogP contribution in [0.4, 0.5) is 0 Å². The Kier molecular flexibility index (Phi) is 2.19. The molecule has 3 heterocycles. The largest absolute Gasteiger partial charge is 0.319 e. The molecule has 5 heteroatoms. The molecule has 0 spiro atoms. The Morgan fingerprint density at radius 3 is 2.88 bits per heavy atom. The van der Waals surface area contributed by atoms with Crippen LogP contribution in [0.2, 0.25) is 0 Å². The van der Waals surface area contributed by atoms with Crippen molar-refractivity contribution in [2.45, 2.75) is 6.04 Å². The van der Waals surface area contributed by atoms with Gasteiger partial charge in [-0.1, -0.05) is 6.07 Å². The number of nitrogens with two attached hydrogens (primary N) is 1. The topological polar surface area (TPSA) is 61.1 Å². The van der Waals surface area contributed by atoms with E-state index in [1.54, 1.807) is 10.9 Å². The van der Waals surface area contributed by atoms with E-state index in [1.165, 1.54) is 0 Å². The Bertz CT molecular complexity index is 652. The fourth-order valence-corrected chi connectivity index (χ4v) is 2.04. The SMILES string of the molecule is Cn1nccc1C(N)c1cnn2ccccc12. The van der Waals surface area contributed by atoms with Gasteiger partial charge in [-0.25, -0.2) is 4.52 Å². The summed E-state index contributed by atoms with van der Waals surface area (Å²) in [5.41, 5.74) is 9.27. The highest BCUT2D eigenvalue weighted by Gasteiger charge is 2.16. The van der Waals surface area contributed by atoms with Crippen molar-refractivity contribution in [3.05, 3.63) is 54.1 Å². The summed E-state index contributed by atoms with van der Waals surface area (Å²) in [5.74, 6) is 0. The van der Waals surface area contributed by atoms with E-state index in [0.29, 0.717) is 0 Å². The van der Waals surface area contributed by atoms with E-state index in [-0.39, 0.29) is 6.04 Å². The van der Waals surface area contributed by atoms with Crippen molar-refractivity contribution in [2.75, 3.05) is 0 Å². The summed E-state index contributed by atoms with van der Waals surface area (Å²) in [6.07, 6.45) is 5.47. The number of rotatable bonds is 2. The van der Waals surface area contributed by atoms with Crippen LogP contribution in [0.5, 0.6) is 0 Å². The molecule has 0 amide bonds. The van der Waals surface area contributed by atoms with Crippen LogP contribution in [-0.4, -0.2) is 19.4 Å². The molecular formula is C12H13N5. The monoisotopic (exact) mass is 227 g/mol. The minimum atomic E-state index is -0.206. The molecule has 17 heavy (non-hydrogen) atoms. The van der Waals surface area contributed by atoms with Crippen molar-refractivity contribution < 1.29 is 0 Å². The third-order valence-electron chi connectivity index (χ3n) is 2.97. The van der Waals surface area contributed by atoms with E-state index >= 15 is 0 Å². The molecule has 86 valence electrons. The van der Waals surface area contributed by atoms with E-state index < -0.39 is 0 Å². The smallest absolute Gasteiger partial charge is 0.0760 e. The van der Waals surface area contributed by atoms with Crippen molar-refractivity contribution >= 4 is 5.52 Å². The van der Waals surface area contributed by atoms with Crippen LogP contribution in [-0.2, 0) is 7.05 Å². The summed E-state index contributed by atoms with van der Waals surface area (Å²) in [6, 6.07) is 7.66. The average Bonchev–Trinajstić information content (AvgIpc) is 2.94. The maximum absolute atomic E-state index is 6.26. The molecule has 0 aromatic carbocycles. The predicted molar refractivity (Wildman–Crippen MR) is 64.4 cm³/mol. The second-order valence-electron chi connectivity index (χ2n) is 3.99. The number of aryl methyl sites for hydroxylation is 1. The Labute approximate surface area is 98.5 Å². The van der Waals surface area contributed by atoms with Crippen LogP contribution in [0.1, 0.15) is 17.3 Å². The molecule has 0 aliphatic rings. The highest BCUT2D eigenvalue weighted by molar-refractivity contribution is 5.56. The number of hydrogen-bond acceptors (Lipinski definition) is 3. The number of hydrogen-bond donors (Lipinski definition) is 1. The molecule has 0 fully saturated rings. The standard InChI is InChI=1S/C12H13N5/c1-16-11(5-6-14-16)12(13)9-8-15-17-7-3-2-4-10(9)17/h2-8,12H,13H2,1H3. The van der Waals surface area contributed by atoms with E-state index in [9.17, 15) is 0 Å². The lowest BCUT2D eigenvalue weighted by Gasteiger charge is -2.10. The molecule has 5 nitrogen and oxygen atoms in total. The van der Waals surface area contributed by atoms with Crippen LogP contribution >= 0.6 is 0 Å². The minimum absolute atomic E-state index is 0.206. The van der Waals surface area contributed by atoms with Crippen LogP contribution < -0.4 is 5.73 Å². The van der Waals surface area contributed by atoms with Crippen molar-refractivity contribution in [2.24, 2.45) is 12.8 Å². The quantitative estimate of drug-likeness (QED) is 0.713. The first-order valence-electron chi connectivity index (χ1n) is 5.43. The van der Waals surface area contributed by atoms with E-state index in [1.807, 2.05) is 48.2 Å². The third-order valence-corrected chi connectivity index (χ3v) is 2.97. The molecule has 3 rings (SSSR count). The van der Waals surface area contributed by atoms with E-state index in [4.69, 9.17) is 5.73 Å². The molecule has 3 aromatic heterocycles. The molecule has 2 N–H and O–H groups in total. The summed E-state index contributed by atoms with van der Waals surface area (Å²) in [5, 5.41) is 8.42. The van der Waals surface area contributed by atoms with Gasteiger partial charge in [0.15, 0.2) is 0 Å². The zero-order valence-electron chi connectivity index (χ0n) is 9.49. The highest BCUT2D eigenvalue weighted by atomic mass is 15.3. The number of aromatic nitrogens is 4. The first kappa shape index (κ1) is 10.0. The molecule has 3 aromatic rings. The zero-order valence-corrected chi connectivity index (χ0v) is 9.49. The van der Waals surface area contributed by atoms with E-state index in [0.717, 1.165) is 16.8 Å². The lowest BCUT2D eigenvalue weighted by Crippen LogP contribution is -2.15. The number of nitrogens with zero attached hydrogens (tertiary/aromatic N) is 4. The molecule has 0 radical (unpaired) electrons. The van der Waals surface area contributed by atoms with Gasteiger partial charge in [-0.05, 0) is 18.2 Å². The summed E-state index contributed by atoms with van der Waals surface area (Å²) in [4.78, 5) is 0. The normalized spacial score (nSPS) is 13.1. The van der Waals surface area contributed by atoms with Crippen molar-refractivity contribution in [3.8, 4) is 0 Å². The predicted octanol–water partition coefficient (Wildman–Crippen LogP) is 1.12. The molecule has 1 atom stereocenters. The molecule has 1 unspecified atom stereocenters. The molecule has 0 bridgehead atoms. The van der Waals surface area contributed by atoms with E-state index in [2.05, 4.69) is 10.2 Å². The van der Waals surface area contributed by atoms with Crippen LogP contribution in [0, 0.1) is 0 Å². The molecule has 0 saturated heterocycles. The van der Waals surface area contributed by atoms with Gasteiger partial charge >= 0.3 is 0 Å². The second-order valence-corrected chi connectivity index (χ2v) is 3.99. The van der Waals surface area contributed by atoms with Crippen LogP contribution in [0.25, 0.3) is 5.52 Å². The van der Waals surface area contributed by atoms with Crippen LogP contribution in [0.3, 0.4) is 0 Å². The van der Waals surface area contributed by atoms with Gasteiger partial charge in [0.2, 0.25) is 0 Å². The molecule has 0 saturated carbocycles. The Morgan fingerprint density at radius 1 is 1.24 bits per heavy atom. The van der Waals surface area contributed by atoms with Crippen LogP contribution in [0.15, 0.2) is 42.9 Å². The minimum Gasteiger partial charge on any atom is -0.319 e. The summed E-state index contributed by atoms with van der Waals surface area (Å²) >= 11 is 0. The van der Waals surface area contributed by atoms with Gasteiger partial charge < -0.3 is 5.73 Å². The summed E-state index contributed by atoms with van der Waals surface area (Å²) in [7, 11) is 1.89. The lowest BCUT2D eigenvalue weighted by molar-refractivity contribution is 0.675. The molecule has 0 aliphatic carbocycles. The third kappa shape index (κ3) is 1.52. The van der Waals surface area contributed by atoms with Gasteiger partial charge in [-0.3, -0.25) is 4.68 Å². The maximum Gasteiger partial charge on any atom is 0.0760 e. The Balaban J connectivity index is 2.13. The van der Waals surface area contributed by atoms with Gasteiger partial charge in [0, 0.05) is 25.0 Å². The Hall–Kier alpha value is -2.14. The number of fused-ring (bicyclic) bond motifs is 1. The molecular weight excluding hydrogens is 214 g/mol. The zero-order chi connectivity index (χ0) is 11.8. The van der Waals surface area contributed by atoms with Gasteiger partial charge in [-0.15, -0.1) is 0 Å². The van der Waals surface area contributed by atoms with Gasteiger partial charge in [0.1, 0.15) is 0 Å². The fourth-order valence-electron chi connectivity index (χ4n) is 2.04. The van der Waals surface area contributed by atoms with Gasteiger partial charge in [-0.2, -0.15) is 10.2 Å².